The van der Waals surface area contributed by atoms with E-state index in [-0.39, 0.29) is 24.5 Å². The number of hydrogen-bond acceptors (Lipinski definition) is 5. The molecule has 1 atom stereocenters. The number of nitrogens with one attached hydrogen (secondary N) is 1. The number of benzene rings is 2. The van der Waals surface area contributed by atoms with E-state index in [4.69, 9.17) is 9.26 Å². The van der Waals surface area contributed by atoms with Gasteiger partial charge in [0.05, 0.1) is 0 Å². The van der Waals surface area contributed by atoms with Gasteiger partial charge in [0.2, 0.25) is 5.89 Å². The fraction of sp³-hybridized carbons (Fsp3) is 0.381. The molecule has 140 valence electrons. The van der Waals surface area contributed by atoms with Crippen molar-refractivity contribution in [2.24, 2.45) is 5.92 Å². The van der Waals surface area contributed by atoms with Crippen LogP contribution in [0.25, 0.3) is 10.8 Å². The lowest BCUT2D eigenvalue weighted by atomic mass is 10.0. The van der Waals surface area contributed by atoms with E-state index in [1.807, 2.05) is 56.3 Å². The number of nitrogens with zero attached hydrogens (tertiary/aromatic N) is 2. The monoisotopic (exact) mass is 365 g/mol. The van der Waals surface area contributed by atoms with Crippen molar-refractivity contribution < 1.29 is 14.1 Å². The topological polar surface area (TPSA) is 77.2 Å². The minimum Gasteiger partial charge on any atom is -0.484 e. The maximum atomic E-state index is 12.4. The molecule has 6 nitrogen and oxygen atoms in total. The van der Waals surface area contributed by atoms with Crippen molar-refractivity contribution >= 4 is 16.7 Å². The smallest absolute Gasteiger partial charge is 0.258 e. The van der Waals surface area contributed by atoms with Gasteiger partial charge in [-0.1, -0.05) is 49.3 Å². The van der Waals surface area contributed by atoms with Gasteiger partial charge < -0.3 is 14.6 Å². The second-order valence-electron chi connectivity index (χ2n) is 7.35. The van der Waals surface area contributed by atoms with Crippen molar-refractivity contribution in [1.29, 1.82) is 0 Å². The van der Waals surface area contributed by atoms with Gasteiger partial charge in [-0.25, -0.2) is 0 Å². The highest BCUT2D eigenvalue weighted by Gasteiger charge is 2.31. The lowest BCUT2D eigenvalue weighted by Gasteiger charge is -2.18. The summed E-state index contributed by atoms with van der Waals surface area (Å²) in [6, 6.07) is 13.5. The summed E-state index contributed by atoms with van der Waals surface area (Å²) in [6.07, 6.45) is 2.22. The van der Waals surface area contributed by atoms with Gasteiger partial charge in [-0.3, -0.25) is 4.79 Å². The van der Waals surface area contributed by atoms with Gasteiger partial charge in [0, 0.05) is 5.92 Å². The number of ether oxygens (including phenoxy) is 1. The van der Waals surface area contributed by atoms with Gasteiger partial charge in [-0.15, -0.1) is 0 Å². The normalized spacial score (nSPS) is 15.1. The number of fused-ring (bicyclic) bond motifs is 1. The molecule has 6 heteroatoms. The zero-order valence-corrected chi connectivity index (χ0v) is 15.5. The number of carbonyl (C=O) groups is 1. The molecule has 27 heavy (non-hydrogen) atoms. The Labute approximate surface area is 157 Å². The third-order valence-corrected chi connectivity index (χ3v) is 4.74. The van der Waals surface area contributed by atoms with Crippen molar-refractivity contribution in [3.63, 3.8) is 0 Å². The van der Waals surface area contributed by atoms with Crippen LogP contribution >= 0.6 is 0 Å². The number of amides is 1. The quantitative estimate of drug-likeness (QED) is 0.685. The third kappa shape index (κ3) is 4.10. The molecular formula is C21H23N3O3. The second kappa shape index (κ2) is 7.39. The highest BCUT2D eigenvalue weighted by Crippen LogP contribution is 2.38. The molecule has 1 heterocycles. The van der Waals surface area contributed by atoms with E-state index in [0.717, 1.165) is 29.4 Å². The van der Waals surface area contributed by atoms with Crippen molar-refractivity contribution in [1.82, 2.24) is 15.5 Å². The van der Waals surface area contributed by atoms with Crippen LogP contribution in [0.5, 0.6) is 5.75 Å². The Kier molecular flexibility index (Phi) is 4.79. The maximum Gasteiger partial charge on any atom is 0.258 e. The third-order valence-electron chi connectivity index (χ3n) is 4.74. The Hall–Kier alpha value is -2.89. The molecule has 0 bridgehead atoms. The molecule has 3 aromatic rings. The van der Waals surface area contributed by atoms with Crippen LogP contribution < -0.4 is 10.1 Å². The standard InChI is InChI=1S/C21H23N3O3/c1-13(2)19(21-23-20(24-27-21)15-7-8-15)22-18(25)12-26-17-10-9-14-5-3-4-6-16(14)11-17/h3-6,9-11,13,15,19H,7-8,12H2,1-2H3,(H,22,25). The summed E-state index contributed by atoms with van der Waals surface area (Å²) in [5.74, 6) is 2.21. The molecule has 4 rings (SSSR count). The van der Waals surface area contributed by atoms with Gasteiger partial charge >= 0.3 is 0 Å². The van der Waals surface area contributed by atoms with Gasteiger partial charge in [-0.05, 0) is 41.7 Å². The molecule has 1 unspecified atom stereocenters. The van der Waals surface area contributed by atoms with Crippen LogP contribution in [0.4, 0.5) is 0 Å². The summed E-state index contributed by atoms with van der Waals surface area (Å²) in [6.45, 7) is 3.96. The first-order chi connectivity index (χ1) is 13.1. The Morgan fingerprint density at radius 1 is 1.22 bits per heavy atom. The average Bonchev–Trinajstić information content (AvgIpc) is 3.41. The average molecular weight is 365 g/mol. The highest BCUT2D eigenvalue weighted by atomic mass is 16.5. The summed E-state index contributed by atoms with van der Waals surface area (Å²) >= 11 is 0. The number of carbonyl (C=O) groups excluding carboxylic acids is 1. The van der Waals surface area contributed by atoms with E-state index in [0.29, 0.717) is 17.6 Å². The lowest BCUT2D eigenvalue weighted by Crippen LogP contribution is -2.35. The van der Waals surface area contributed by atoms with Gasteiger partial charge in [0.25, 0.3) is 5.91 Å². The molecular weight excluding hydrogens is 342 g/mol. The first-order valence-electron chi connectivity index (χ1n) is 9.34. The summed E-state index contributed by atoms with van der Waals surface area (Å²) in [7, 11) is 0. The fourth-order valence-electron chi connectivity index (χ4n) is 3.02. The van der Waals surface area contributed by atoms with Crippen LogP contribution in [0.2, 0.25) is 0 Å². The molecule has 0 radical (unpaired) electrons. The van der Waals surface area contributed by atoms with E-state index in [2.05, 4.69) is 15.5 Å². The first-order valence-corrected chi connectivity index (χ1v) is 9.34. The molecule has 0 spiro atoms. The molecule has 2 aromatic carbocycles. The minimum atomic E-state index is -0.322. The van der Waals surface area contributed by atoms with Crippen LogP contribution in [0.3, 0.4) is 0 Å². The van der Waals surface area contributed by atoms with E-state index in [9.17, 15) is 4.79 Å². The summed E-state index contributed by atoms with van der Waals surface area (Å²) in [5, 5.41) is 9.21. The predicted octanol–water partition coefficient (Wildman–Crippen LogP) is 3.99. The van der Waals surface area contributed by atoms with Crippen LogP contribution in [-0.4, -0.2) is 22.7 Å². The molecule has 1 saturated carbocycles. The minimum absolute atomic E-state index is 0.0643. The summed E-state index contributed by atoms with van der Waals surface area (Å²) < 4.78 is 11.1. The summed E-state index contributed by atoms with van der Waals surface area (Å²) in [5.41, 5.74) is 0. The van der Waals surface area contributed by atoms with Crippen molar-refractivity contribution in [3.8, 4) is 5.75 Å². The van der Waals surface area contributed by atoms with Gasteiger partial charge in [0.15, 0.2) is 12.4 Å². The lowest BCUT2D eigenvalue weighted by molar-refractivity contribution is -0.124. The van der Waals surface area contributed by atoms with Crippen molar-refractivity contribution in [2.45, 2.75) is 38.6 Å². The van der Waals surface area contributed by atoms with Crippen LogP contribution in [0.1, 0.15) is 50.4 Å². The van der Waals surface area contributed by atoms with Gasteiger partial charge in [-0.2, -0.15) is 4.98 Å². The molecule has 1 aliphatic carbocycles. The molecule has 1 N–H and O–H groups in total. The molecule has 0 saturated heterocycles. The first kappa shape index (κ1) is 17.5. The Morgan fingerprint density at radius 3 is 2.74 bits per heavy atom. The predicted molar refractivity (Wildman–Crippen MR) is 101 cm³/mol. The molecule has 1 aliphatic rings. The second-order valence-corrected chi connectivity index (χ2v) is 7.35. The van der Waals surface area contributed by atoms with E-state index in [1.54, 1.807) is 0 Å². The summed E-state index contributed by atoms with van der Waals surface area (Å²) in [4.78, 5) is 16.9. The Bertz CT molecular complexity index is 947. The maximum absolute atomic E-state index is 12.4. The van der Waals surface area contributed by atoms with Crippen molar-refractivity contribution in [3.05, 3.63) is 54.2 Å². The molecule has 1 fully saturated rings. The number of rotatable bonds is 7. The van der Waals surface area contributed by atoms with Gasteiger partial charge in [0.1, 0.15) is 11.8 Å². The largest absolute Gasteiger partial charge is 0.484 e. The van der Waals surface area contributed by atoms with Crippen LogP contribution in [0.15, 0.2) is 47.0 Å². The fourth-order valence-corrected chi connectivity index (χ4v) is 3.02. The van der Waals surface area contributed by atoms with E-state index < -0.39 is 0 Å². The number of aromatic nitrogens is 2. The zero-order valence-electron chi connectivity index (χ0n) is 15.5. The molecule has 1 aromatic heterocycles. The zero-order chi connectivity index (χ0) is 18.8. The number of hydrogen-bond donors (Lipinski definition) is 1. The van der Waals surface area contributed by atoms with E-state index in [1.165, 1.54) is 0 Å². The van der Waals surface area contributed by atoms with Crippen molar-refractivity contribution in [2.75, 3.05) is 6.61 Å². The SMILES string of the molecule is CC(C)C(NC(=O)COc1ccc2ccccc2c1)c1nc(C2CC2)no1. The van der Waals surface area contributed by atoms with Crippen LogP contribution in [-0.2, 0) is 4.79 Å². The Balaban J connectivity index is 1.38. The van der Waals surface area contributed by atoms with Crippen LogP contribution in [0, 0.1) is 5.92 Å². The molecule has 0 aliphatic heterocycles. The molecule has 1 amide bonds. The van der Waals surface area contributed by atoms with E-state index >= 15 is 0 Å². The highest BCUT2D eigenvalue weighted by molar-refractivity contribution is 5.84. The Morgan fingerprint density at radius 2 is 2.00 bits per heavy atom.